The Bertz CT molecular complexity index is 632. The molecule has 5 nitrogen and oxygen atoms in total. The lowest BCUT2D eigenvalue weighted by atomic mass is 10.2. The van der Waals surface area contributed by atoms with E-state index in [4.69, 9.17) is 16.3 Å². The average molecular weight is 293 g/mol. The molecule has 0 fully saturated rings. The first-order chi connectivity index (χ1) is 9.63. The molecule has 20 heavy (non-hydrogen) atoms. The molecule has 0 bridgehead atoms. The zero-order valence-electron chi connectivity index (χ0n) is 10.8. The first kappa shape index (κ1) is 14.1. The van der Waals surface area contributed by atoms with Crippen LogP contribution in [0.2, 0.25) is 5.02 Å². The first-order valence-electron chi connectivity index (χ1n) is 5.95. The van der Waals surface area contributed by atoms with Crippen molar-refractivity contribution >= 4 is 23.0 Å². The predicted octanol–water partition coefficient (Wildman–Crippen LogP) is 3.87. The SMILES string of the molecule is CNc1cccc(OCc2ccccc2Cl)c1[N+](=O)[O-]. The molecular formula is C14H13ClN2O3. The van der Waals surface area contributed by atoms with E-state index in [1.807, 2.05) is 18.2 Å². The van der Waals surface area contributed by atoms with Gasteiger partial charge >= 0.3 is 5.69 Å². The molecule has 0 spiro atoms. The Labute approximate surface area is 121 Å². The van der Waals surface area contributed by atoms with Crippen LogP contribution in [0.25, 0.3) is 0 Å². The van der Waals surface area contributed by atoms with Gasteiger partial charge in [-0.1, -0.05) is 35.9 Å². The Morgan fingerprint density at radius 3 is 2.65 bits per heavy atom. The minimum atomic E-state index is -0.465. The van der Waals surface area contributed by atoms with E-state index in [9.17, 15) is 10.1 Å². The van der Waals surface area contributed by atoms with Crippen LogP contribution in [-0.4, -0.2) is 12.0 Å². The fraction of sp³-hybridized carbons (Fsp3) is 0.143. The van der Waals surface area contributed by atoms with Crippen molar-refractivity contribution < 1.29 is 9.66 Å². The number of nitrogens with zero attached hydrogens (tertiary/aromatic N) is 1. The summed E-state index contributed by atoms with van der Waals surface area (Å²) in [6.45, 7) is 0.174. The minimum Gasteiger partial charge on any atom is -0.482 e. The fourth-order valence-corrected chi connectivity index (χ4v) is 1.99. The van der Waals surface area contributed by atoms with Crippen molar-refractivity contribution in [2.75, 3.05) is 12.4 Å². The molecule has 104 valence electrons. The van der Waals surface area contributed by atoms with Crippen molar-refractivity contribution in [1.82, 2.24) is 0 Å². The van der Waals surface area contributed by atoms with E-state index < -0.39 is 4.92 Å². The third kappa shape index (κ3) is 3.00. The summed E-state index contributed by atoms with van der Waals surface area (Å²) >= 11 is 6.03. The third-order valence-electron chi connectivity index (χ3n) is 2.79. The van der Waals surface area contributed by atoms with Gasteiger partial charge in [0.15, 0.2) is 5.75 Å². The Hall–Kier alpha value is -2.27. The van der Waals surface area contributed by atoms with Crippen molar-refractivity contribution in [3.63, 3.8) is 0 Å². The number of ether oxygens (including phenoxy) is 1. The van der Waals surface area contributed by atoms with Gasteiger partial charge in [0.25, 0.3) is 0 Å². The molecular weight excluding hydrogens is 280 g/mol. The van der Waals surface area contributed by atoms with Gasteiger partial charge in [0.1, 0.15) is 12.3 Å². The highest BCUT2D eigenvalue weighted by molar-refractivity contribution is 6.31. The van der Waals surface area contributed by atoms with Crippen LogP contribution in [-0.2, 0) is 6.61 Å². The standard InChI is InChI=1S/C14H13ClN2O3/c1-16-12-7-4-8-13(14(12)17(18)19)20-9-10-5-2-3-6-11(10)15/h2-8,16H,9H2,1H3. The Kier molecular flexibility index (Phi) is 4.42. The van der Waals surface area contributed by atoms with Crippen molar-refractivity contribution in [2.45, 2.75) is 6.61 Å². The normalized spacial score (nSPS) is 10.1. The van der Waals surface area contributed by atoms with Crippen LogP contribution in [0, 0.1) is 10.1 Å². The molecule has 0 radical (unpaired) electrons. The quantitative estimate of drug-likeness (QED) is 0.671. The van der Waals surface area contributed by atoms with Crippen molar-refractivity contribution in [1.29, 1.82) is 0 Å². The minimum absolute atomic E-state index is 0.0814. The van der Waals surface area contributed by atoms with E-state index in [1.54, 1.807) is 31.3 Å². The summed E-state index contributed by atoms with van der Waals surface area (Å²) in [5, 5.41) is 14.5. The molecule has 0 aliphatic heterocycles. The number of nitro groups is 1. The summed E-state index contributed by atoms with van der Waals surface area (Å²) < 4.78 is 5.54. The van der Waals surface area contributed by atoms with Crippen LogP contribution >= 0.6 is 11.6 Å². The number of rotatable bonds is 5. The van der Waals surface area contributed by atoms with E-state index >= 15 is 0 Å². The molecule has 0 saturated heterocycles. The van der Waals surface area contributed by atoms with Crippen molar-refractivity contribution in [3.8, 4) is 5.75 Å². The van der Waals surface area contributed by atoms with Gasteiger partial charge in [0.05, 0.1) is 4.92 Å². The summed E-state index contributed by atoms with van der Waals surface area (Å²) in [5.41, 5.74) is 1.10. The van der Waals surface area contributed by atoms with Crippen LogP contribution in [0.15, 0.2) is 42.5 Å². The van der Waals surface area contributed by atoms with E-state index in [2.05, 4.69) is 5.32 Å². The predicted molar refractivity (Wildman–Crippen MR) is 78.4 cm³/mol. The van der Waals surface area contributed by atoms with Crippen LogP contribution in [0.3, 0.4) is 0 Å². The van der Waals surface area contributed by atoms with Gasteiger partial charge in [-0.2, -0.15) is 0 Å². The largest absolute Gasteiger partial charge is 0.482 e. The highest BCUT2D eigenvalue weighted by Gasteiger charge is 2.20. The van der Waals surface area contributed by atoms with E-state index in [1.165, 1.54) is 0 Å². The Morgan fingerprint density at radius 2 is 2.00 bits per heavy atom. The number of anilines is 1. The molecule has 2 rings (SSSR count). The number of hydrogen-bond donors (Lipinski definition) is 1. The Morgan fingerprint density at radius 1 is 1.25 bits per heavy atom. The molecule has 2 aromatic carbocycles. The molecule has 1 N–H and O–H groups in total. The number of para-hydroxylation sites is 1. The van der Waals surface area contributed by atoms with Gasteiger partial charge in [-0.15, -0.1) is 0 Å². The molecule has 0 atom stereocenters. The lowest BCUT2D eigenvalue weighted by Gasteiger charge is -2.10. The third-order valence-corrected chi connectivity index (χ3v) is 3.16. The van der Waals surface area contributed by atoms with Gasteiger partial charge in [-0.3, -0.25) is 10.1 Å². The van der Waals surface area contributed by atoms with Crippen LogP contribution in [0.4, 0.5) is 11.4 Å². The van der Waals surface area contributed by atoms with Gasteiger partial charge in [-0.25, -0.2) is 0 Å². The molecule has 0 saturated carbocycles. The number of halogens is 1. The fourth-order valence-electron chi connectivity index (χ4n) is 1.80. The molecule has 6 heteroatoms. The maximum Gasteiger partial charge on any atom is 0.333 e. The molecule has 0 aliphatic carbocycles. The topological polar surface area (TPSA) is 64.4 Å². The van der Waals surface area contributed by atoms with Crippen LogP contribution in [0.1, 0.15) is 5.56 Å². The highest BCUT2D eigenvalue weighted by atomic mass is 35.5. The highest BCUT2D eigenvalue weighted by Crippen LogP contribution is 2.35. The monoisotopic (exact) mass is 292 g/mol. The zero-order valence-corrected chi connectivity index (χ0v) is 11.6. The summed E-state index contributed by atoms with van der Waals surface area (Å²) in [6, 6.07) is 12.1. The van der Waals surface area contributed by atoms with Crippen LogP contribution in [0.5, 0.6) is 5.75 Å². The maximum atomic E-state index is 11.1. The van der Waals surface area contributed by atoms with Gasteiger partial charge in [0.2, 0.25) is 0 Å². The van der Waals surface area contributed by atoms with Crippen molar-refractivity contribution in [2.24, 2.45) is 0 Å². The van der Waals surface area contributed by atoms with E-state index in [0.29, 0.717) is 10.7 Å². The van der Waals surface area contributed by atoms with E-state index in [-0.39, 0.29) is 18.0 Å². The number of nitro benzene ring substituents is 1. The van der Waals surface area contributed by atoms with Crippen molar-refractivity contribution in [3.05, 3.63) is 63.2 Å². The molecule has 0 amide bonds. The number of hydrogen-bond acceptors (Lipinski definition) is 4. The molecule has 0 heterocycles. The molecule has 0 aliphatic rings. The molecule has 0 unspecified atom stereocenters. The summed E-state index contributed by atoms with van der Waals surface area (Å²) in [5.74, 6) is 0.210. The second-order valence-corrected chi connectivity index (χ2v) is 4.45. The lowest BCUT2D eigenvalue weighted by Crippen LogP contribution is -2.02. The lowest BCUT2D eigenvalue weighted by molar-refractivity contribution is -0.385. The summed E-state index contributed by atoms with van der Waals surface area (Å²) in [7, 11) is 1.63. The zero-order chi connectivity index (χ0) is 14.5. The second-order valence-electron chi connectivity index (χ2n) is 4.04. The summed E-state index contributed by atoms with van der Waals surface area (Å²) in [6.07, 6.45) is 0. The molecule has 2 aromatic rings. The second kappa shape index (κ2) is 6.25. The van der Waals surface area contributed by atoms with Gasteiger partial charge < -0.3 is 10.1 Å². The maximum absolute atomic E-state index is 11.1. The first-order valence-corrected chi connectivity index (χ1v) is 6.32. The molecule has 0 aromatic heterocycles. The number of benzene rings is 2. The summed E-state index contributed by atoms with van der Waals surface area (Å²) in [4.78, 5) is 10.7. The number of nitrogens with one attached hydrogen (secondary N) is 1. The Balaban J connectivity index is 2.26. The van der Waals surface area contributed by atoms with E-state index in [0.717, 1.165) is 5.56 Å². The van der Waals surface area contributed by atoms with Crippen LogP contribution < -0.4 is 10.1 Å². The van der Waals surface area contributed by atoms with Gasteiger partial charge in [0, 0.05) is 17.6 Å². The smallest absolute Gasteiger partial charge is 0.333 e. The van der Waals surface area contributed by atoms with Gasteiger partial charge in [-0.05, 0) is 18.2 Å². The average Bonchev–Trinajstić information content (AvgIpc) is 2.45.